The largest absolute Gasteiger partial charge is 0.504 e. The second-order valence-electron chi connectivity index (χ2n) is 6.44. The van der Waals surface area contributed by atoms with E-state index >= 15 is 0 Å². The quantitative estimate of drug-likeness (QED) is 0.401. The number of phenols is 2. The van der Waals surface area contributed by atoms with Crippen molar-refractivity contribution in [2.75, 3.05) is 13.1 Å². The smallest absolute Gasteiger partial charge is 0.271 e. The molecule has 28 heavy (non-hydrogen) atoms. The Morgan fingerprint density at radius 2 is 1.79 bits per heavy atom. The third-order valence-electron chi connectivity index (χ3n) is 4.43. The molecular formula is C19H21N3O5S. The van der Waals surface area contributed by atoms with Gasteiger partial charge in [-0.05, 0) is 54.8 Å². The Morgan fingerprint density at radius 3 is 2.50 bits per heavy atom. The summed E-state index contributed by atoms with van der Waals surface area (Å²) in [6.45, 7) is 0.977. The Bertz CT molecular complexity index is 998. The van der Waals surface area contributed by atoms with Crippen LogP contribution in [-0.4, -0.2) is 48.1 Å². The summed E-state index contributed by atoms with van der Waals surface area (Å²) in [6, 6.07) is 9.94. The van der Waals surface area contributed by atoms with Crippen LogP contribution in [0.5, 0.6) is 11.5 Å². The molecule has 1 aliphatic rings. The average Bonchev–Trinajstić information content (AvgIpc) is 2.71. The molecule has 2 aromatic carbocycles. The molecule has 0 radical (unpaired) electrons. The van der Waals surface area contributed by atoms with E-state index in [-0.39, 0.29) is 22.0 Å². The van der Waals surface area contributed by atoms with Crippen LogP contribution < -0.4 is 5.43 Å². The molecule has 1 fully saturated rings. The molecule has 0 spiro atoms. The van der Waals surface area contributed by atoms with Gasteiger partial charge in [-0.3, -0.25) is 4.79 Å². The van der Waals surface area contributed by atoms with Crippen molar-refractivity contribution in [1.82, 2.24) is 9.73 Å². The van der Waals surface area contributed by atoms with Crippen LogP contribution in [0.2, 0.25) is 0 Å². The molecule has 1 saturated heterocycles. The van der Waals surface area contributed by atoms with Crippen LogP contribution >= 0.6 is 0 Å². The van der Waals surface area contributed by atoms with Gasteiger partial charge in [-0.15, -0.1) is 0 Å². The van der Waals surface area contributed by atoms with E-state index in [0.29, 0.717) is 18.7 Å². The highest BCUT2D eigenvalue weighted by Crippen LogP contribution is 2.24. The summed E-state index contributed by atoms with van der Waals surface area (Å²) in [6.07, 6.45) is 3.98. The fourth-order valence-electron chi connectivity index (χ4n) is 2.90. The number of aromatic hydroxyl groups is 2. The number of piperidine rings is 1. The fraction of sp³-hybridized carbons (Fsp3) is 0.263. The molecule has 1 heterocycles. The average molecular weight is 403 g/mol. The van der Waals surface area contributed by atoms with E-state index in [1.54, 1.807) is 0 Å². The Labute approximate surface area is 163 Å². The number of hydrogen-bond acceptors (Lipinski definition) is 6. The van der Waals surface area contributed by atoms with Gasteiger partial charge in [-0.2, -0.15) is 9.41 Å². The summed E-state index contributed by atoms with van der Waals surface area (Å²) < 4.78 is 26.9. The van der Waals surface area contributed by atoms with Crippen LogP contribution in [-0.2, 0) is 10.0 Å². The molecule has 8 nitrogen and oxygen atoms in total. The van der Waals surface area contributed by atoms with Crippen LogP contribution in [0.4, 0.5) is 0 Å². The summed E-state index contributed by atoms with van der Waals surface area (Å²) in [5.41, 5.74) is 2.96. The molecule has 3 N–H and O–H groups in total. The number of sulfonamides is 1. The lowest BCUT2D eigenvalue weighted by Crippen LogP contribution is -2.35. The molecule has 1 aliphatic heterocycles. The van der Waals surface area contributed by atoms with Crippen LogP contribution in [0.15, 0.2) is 52.5 Å². The number of phenolic OH excluding ortho intramolecular Hbond substituents is 2. The van der Waals surface area contributed by atoms with Crippen molar-refractivity contribution in [1.29, 1.82) is 0 Å². The molecular weight excluding hydrogens is 382 g/mol. The van der Waals surface area contributed by atoms with Gasteiger partial charge in [0, 0.05) is 18.7 Å². The van der Waals surface area contributed by atoms with Gasteiger partial charge >= 0.3 is 0 Å². The van der Waals surface area contributed by atoms with Crippen LogP contribution in [0.25, 0.3) is 0 Å². The van der Waals surface area contributed by atoms with Crippen LogP contribution in [0.3, 0.4) is 0 Å². The zero-order chi connectivity index (χ0) is 20.1. The Hall–Kier alpha value is -2.91. The van der Waals surface area contributed by atoms with E-state index in [0.717, 1.165) is 19.3 Å². The number of hydrogen-bond donors (Lipinski definition) is 3. The Morgan fingerprint density at radius 1 is 1.04 bits per heavy atom. The first-order chi connectivity index (χ1) is 13.4. The highest BCUT2D eigenvalue weighted by molar-refractivity contribution is 7.89. The molecule has 0 aromatic heterocycles. The molecule has 0 bridgehead atoms. The van der Waals surface area contributed by atoms with Crippen molar-refractivity contribution >= 4 is 22.1 Å². The van der Waals surface area contributed by atoms with Gasteiger partial charge in [0.15, 0.2) is 11.5 Å². The summed E-state index contributed by atoms with van der Waals surface area (Å²) >= 11 is 0. The SMILES string of the molecule is O=C(NN=Cc1ccc(O)c(O)c1)c1cccc(S(=O)(=O)N2CCCCC2)c1. The summed E-state index contributed by atoms with van der Waals surface area (Å²) in [4.78, 5) is 12.4. The molecule has 0 unspecified atom stereocenters. The number of carbonyl (C=O) groups is 1. The minimum Gasteiger partial charge on any atom is -0.504 e. The minimum atomic E-state index is -3.63. The first kappa shape index (κ1) is 19.8. The monoisotopic (exact) mass is 403 g/mol. The molecule has 0 atom stereocenters. The predicted octanol–water partition coefficient (Wildman–Crippen LogP) is 2.04. The second kappa shape index (κ2) is 8.41. The van der Waals surface area contributed by atoms with Gasteiger partial charge in [0.25, 0.3) is 5.91 Å². The van der Waals surface area contributed by atoms with Crippen molar-refractivity contribution in [3.8, 4) is 11.5 Å². The number of carbonyl (C=O) groups excluding carboxylic acids is 1. The summed E-state index contributed by atoms with van der Waals surface area (Å²) in [5, 5.41) is 22.5. The number of benzene rings is 2. The number of amides is 1. The lowest BCUT2D eigenvalue weighted by molar-refractivity contribution is 0.0955. The zero-order valence-corrected chi connectivity index (χ0v) is 15.9. The third kappa shape index (κ3) is 4.49. The van der Waals surface area contributed by atoms with E-state index in [4.69, 9.17) is 0 Å². The van der Waals surface area contributed by atoms with Crippen LogP contribution in [0.1, 0.15) is 35.2 Å². The zero-order valence-electron chi connectivity index (χ0n) is 15.1. The van der Waals surface area contributed by atoms with Crippen LogP contribution in [0, 0.1) is 0 Å². The Kier molecular flexibility index (Phi) is 5.96. The number of nitrogens with zero attached hydrogens (tertiary/aromatic N) is 2. The summed E-state index contributed by atoms with van der Waals surface area (Å²) in [7, 11) is -3.63. The fourth-order valence-corrected chi connectivity index (χ4v) is 4.47. The van der Waals surface area contributed by atoms with Crippen molar-refractivity contribution in [3.63, 3.8) is 0 Å². The predicted molar refractivity (Wildman–Crippen MR) is 104 cm³/mol. The second-order valence-corrected chi connectivity index (χ2v) is 8.38. The number of nitrogens with one attached hydrogen (secondary N) is 1. The molecule has 0 saturated carbocycles. The maximum absolute atomic E-state index is 12.7. The van der Waals surface area contributed by atoms with Gasteiger partial charge in [0.2, 0.25) is 10.0 Å². The van der Waals surface area contributed by atoms with Crippen molar-refractivity contribution < 1.29 is 23.4 Å². The van der Waals surface area contributed by atoms with Crippen molar-refractivity contribution in [2.45, 2.75) is 24.2 Å². The van der Waals surface area contributed by atoms with Gasteiger partial charge in [0.05, 0.1) is 11.1 Å². The van der Waals surface area contributed by atoms with Gasteiger partial charge < -0.3 is 10.2 Å². The standard InChI is InChI=1S/C19H21N3O5S/c23-17-8-7-14(11-18(17)24)13-20-21-19(25)15-5-4-6-16(12-15)28(26,27)22-9-2-1-3-10-22/h4-8,11-13,23-24H,1-3,9-10H2,(H,21,25). The van der Waals surface area contributed by atoms with Gasteiger partial charge in [-0.1, -0.05) is 12.5 Å². The molecule has 1 amide bonds. The van der Waals surface area contributed by atoms with E-state index in [9.17, 15) is 23.4 Å². The Balaban J connectivity index is 1.71. The van der Waals surface area contributed by atoms with E-state index in [1.165, 1.54) is 53.0 Å². The molecule has 148 valence electrons. The normalized spacial score (nSPS) is 15.6. The third-order valence-corrected chi connectivity index (χ3v) is 6.32. The van der Waals surface area contributed by atoms with Crippen molar-refractivity contribution in [2.24, 2.45) is 5.10 Å². The molecule has 0 aliphatic carbocycles. The van der Waals surface area contributed by atoms with Gasteiger partial charge in [0.1, 0.15) is 0 Å². The maximum atomic E-state index is 12.7. The highest BCUT2D eigenvalue weighted by Gasteiger charge is 2.26. The van der Waals surface area contributed by atoms with Crippen molar-refractivity contribution in [3.05, 3.63) is 53.6 Å². The lowest BCUT2D eigenvalue weighted by Gasteiger charge is -2.25. The topological polar surface area (TPSA) is 119 Å². The first-order valence-corrected chi connectivity index (χ1v) is 10.3. The minimum absolute atomic E-state index is 0.0782. The van der Waals surface area contributed by atoms with E-state index in [2.05, 4.69) is 10.5 Å². The summed E-state index contributed by atoms with van der Waals surface area (Å²) in [5.74, 6) is -1.12. The first-order valence-electron chi connectivity index (χ1n) is 8.83. The molecule has 2 aromatic rings. The highest BCUT2D eigenvalue weighted by atomic mass is 32.2. The lowest BCUT2D eigenvalue weighted by atomic mass is 10.2. The number of rotatable bonds is 5. The molecule has 9 heteroatoms. The van der Waals surface area contributed by atoms with E-state index in [1.807, 2.05) is 0 Å². The van der Waals surface area contributed by atoms with E-state index < -0.39 is 15.9 Å². The molecule has 3 rings (SSSR count). The van der Waals surface area contributed by atoms with Gasteiger partial charge in [-0.25, -0.2) is 13.8 Å². The maximum Gasteiger partial charge on any atom is 0.271 e. The number of hydrazone groups is 1.